The molecule has 0 saturated carbocycles. The zero-order valence-electron chi connectivity index (χ0n) is 14.6. The van der Waals surface area contributed by atoms with Gasteiger partial charge in [0.25, 0.3) is 0 Å². The largest absolute Gasteiger partial charge is 0.204 e. The van der Waals surface area contributed by atoms with E-state index < -0.39 is 19.1 Å². The van der Waals surface area contributed by atoms with Crippen LogP contribution in [-0.2, 0) is 12.5 Å². The summed E-state index contributed by atoms with van der Waals surface area (Å²) < 4.78 is 47.4. The highest BCUT2D eigenvalue weighted by atomic mass is 14.9. The highest BCUT2D eigenvalue weighted by Gasteiger charge is 2.26. The Morgan fingerprint density at radius 2 is 2.00 bits per heavy atom. The van der Waals surface area contributed by atoms with Crippen LogP contribution in [-0.4, -0.2) is 0 Å². The van der Waals surface area contributed by atoms with E-state index in [2.05, 4.69) is 0 Å². The topological polar surface area (TPSA) is 3.88 Å². The first-order valence-corrected chi connectivity index (χ1v) is 4.30. The normalized spacial score (nSPS) is 20.6. The Morgan fingerprint density at radius 3 is 2.46 bits per heavy atom. The van der Waals surface area contributed by atoms with Crippen LogP contribution < -0.4 is 4.57 Å². The van der Waals surface area contributed by atoms with E-state index in [1.165, 1.54) is 6.07 Å². The van der Waals surface area contributed by atoms with Gasteiger partial charge in [-0.2, -0.15) is 0 Å². The standard InChI is InChI=1S/C12H20N/c1-9-7-8-13(6)11(10(9)2)12(3,4)5/h7-8H,1-6H3/q+1/i1D3,2D3. The first-order valence-electron chi connectivity index (χ1n) is 7.30. The lowest BCUT2D eigenvalue weighted by molar-refractivity contribution is -0.682. The van der Waals surface area contributed by atoms with E-state index in [4.69, 9.17) is 8.22 Å². The maximum atomic E-state index is 7.68. The molecule has 1 heteroatoms. The number of aromatic nitrogens is 1. The van der Waals surface area contributed by atoms with Gasteiger partial charge >= 0.3 is 0 Å². The molecule has 13 heavy (non-hydrogen) atoms. The van der Waals surface area contributed by atoms with Crippen molar-refractivity contribution in [3.8, 4) is 0 Å². The van der Waals surface area contributed by atoms with Crippen molar-refractivity contribution in [2.75, 3.05) is 0 Å². The van der Waals surface area contributed by atoms with Crippen LogP contribution in [0.1, 0.15) is 45.8 Å². The lowest BCUT2D eigenvalue weighted by Gasteiger charge is -2.18. The second kappa shape index (κ2) is 3.13. The maximum Gasteiger partial charge on any atom is 0.189 e. The first-order chi connectivity index (χ1) is 8.26. The molecule has 0 saturated heterocycles. The Morgan fingerprint density at radius 1 is 1.31 bits per heavy atom. The fraction of sp³-hybridized carbons (Fsp3) is 0.583. The number of hydrogen-bond donors (Lipinski definition) is 0. The lowest BCUT2D eigenvalue weighted by Crippen LogP contribution is -2.40. The lowest BCUT2D eigenvalue weighted by atomic mass is 9.87. The molecule has 0 aliphatic rings. The molecule has 1 rings (SSSR count). The summed E-state index contributed by atoms with van der Waals surface area (Å²) in [4.78, 5) is 0. The minimum atomic E-state index is -2.45. The summed E-state index contributed by atoms with van der Waals surface area (Å²) >= 11 is 0. The Bertz CT molecular complexity index is 479. The fourth-order valence-electron chi connectivity index (χ4n) is 1.55. The van der Waals surface area contributed by atoms with Crippen molar-refractivity contribution in [1.82, 2.24) is 0 Å². The zero-order chi connectivity index (χ0) is 15.2. The van der Waals surface area contributed by atoms with Gasteiger partial charge < -0.3 is 0 Å². The van der Waals surface area contributed by atoms with Crippen molar-refractivity contribution in [3.05, 3.63) is 29.1 Å². The summed E-state index contributed by atoms with van der Waals surface area (Å²) in [5.74, 6) is 0. The summed E-state index contributed by atoms with van der Waals surface area (Å²) in [5, 5.41) is 0. The van der Waals surface area contributed by atoms with Crippen LogP contribution in [0.25, 0.3) is 0 Å². The van der Waals surface area contributed by atoms with Crippen LogP contribution >= 0.6 is 0 Å². The number of nitrogens with zero attached hydrogens (tertiary/aromatic N) is 1. The smallest absolute Gasteiger partial charge is 0.189 e. The molecule has 1 nitrogen and oxygen atoms in total. The van der Waals surface area contributed by atoms with E-state index in [1.54, 1.807) is 17.8 Å². The third kappa shape index (κ3) is 1.90. The first kappa shape index (κ1) is 4.59. The van der Waals surface area contributed by atoms with Crippen LogP contribution in [0.3, 0.4) is 0 Å². The Kier molecular flexibility index (Phi) is 1.10. The highest BCUT2D eigenvalue weighted by Crippen LogP contribution is 2.23. The van der Waals surface area contributed by atoms with E-state index in [0.717, 1.165) is 0 Å². The SMILES string of the molecule is [2H]C([2H])([2H])c1cc[n+](C)c(C(C)(C)C)c1C([2H])([2H])[2H]. The van der Waals surface area contributed by atoms with Gasteiger partial charge in [-0.25, -0.2) is 4.57 Å². The van der Waals surface area contributed by atoms with Gasteiger partial charge in [-0.1, -0.05) is 20.8 Å². The van der Waals surface area contributed by atoms with Gasteiger partial charge in [0.1, 0.15) is 7.05 Å². The van der Waals surface area contributed by atoms with Crippen molar-refractivity contribution in [2.24, 2.45) is 7.05 Å². The molecule has 72 valence electrons. The summed E-state index contributed by atoms with van der Waals surface area (Å²) in [6, 6.07) is 1.38. The summed E-state index contributed by atoms with van der Waals surface area (Å²) in [6.45, 7) is 0.742. The minimum Gasteiger partial charge on any atom is -0.204 e. The van der Waals surface area contributed by atoms with Crippen LogP contribution in [0.2, 0.25) is 0 Å². The molecule has 0 fully saturated rings. The quantitative estimate of drug-likeness (QED) is 0.545. The highest BCUT2D eigenvalue weighted by molar-refractivity contribution is 5.28. The summed E-state index contributed by atoms with van der Waals surface area (Å²) in [5.41, 5.74) is -0.0682. The third-order valence-corrected chi connectivity index (χ3v) is 2.03. The van der Waals surface area contributed by atoms with Gasteiger partial charge in [0.05, 0.1) is 0 Å². The molecule has 0 aromatic carbocycles. The van der Waals surface area contributed by atoms with Gasteiger partial charge in [0.2, 0.25) is 0 Å². The molecule has 0 radical (unpaired) electrons. The number of aryl methyl sites for hydroxylation is 2. The molecule has 0 amide bonds. The van der Waals surface area contributed by atoms with E-state index >= 15 is 0 Å². The van der Waals surface area contributed by atoms with Gasteiger partial charge in [-0.15, -0.1) is 0 Å². The average Bonchev–Trinajstić information content (AvgIpc) is 2.11. The van der Waals surface area contributed by atoms with Crippen molar-refractivity contribution in [3.63, 3.8) is 0 Å². The predicted octanol–water partition coefficient (Wildman–Crippen LogP) is 2.43. The molecule has 0 N–H and O–H groups in total. The molecule has 1 aromatic rings. The molecule has 0 aliphatic carbocycles. The van der Waals surface area contributed by atoms with E-state index in [1.807, 2.05) is 20.8 Å². The van der Waals surface area contributed by atoms with Crippen molar-refractivity contribution in [1.29, 1.82) is 0 Å². The third-order valence-electron chi connectivity index (χ3n) is 2.03. The molecule has 0 aliphatic heterocycles. The Balaban J connectivity index is 3.82. The van der Waals surface area contributed by atoms with Gasteiger partial charge in [0.15, 0.2) is 11.9 Å². The second-order valence-corrected chi connectivity index (χ2v) is 4.31. The molecule has 0 bridgehead atoms. The van der Waals surface area contributed by atoms with E-state index in [0.29, 0.717) is 5.69 Å². The number of hydrogen-bond acceptors (Lipinski definition) is 0. The molecule has 1 aromatic heterocycles. The molecule has 0 atom stereocenters. The van der Waals surface area contributed by atoms with Gasteiger partial charge in [-0.05, 0) is 19.3 Å². The average molecular weight is 184 g/mol. The Labute approximate surface area is 89.8 Å². The zero-order valence-corrected chi connectivity index (χ0v) is 8.60. The molecular formula is C12H20N+. The molecular weight excluding hydrogens is 158 g/mol. The summed E-state index contributed by atoms with van der Waals surface area (Å²) in [7, 11) is 1.74. The fourth-order valence-corrected chi connectivity index (χ4v) is 1.55. The van der Waals surface area contributed by atoms with Crippen LogP contribution in [0.5, 0.6) is 0 Å². The minimum absolute atomic E-state index is 0.0509. The van der Waals surface area contributed by atoms with Crippen molar-refractivity contribution < 1.29 is 12.8 Å². The maximum absolute atomic E-state index is 7.68. The van der Waals surface area contributed by atoms with Gasteiger partial charge in [0, 0.05) is 25.3 Å². The predicted molar refractivity (Wildman–Crippen MR) is 55.8 cm³/mol. The molecule has 0 spiro atoms. The number of rotatable bonds is 0. The van der Waals surface area contributed by atoms with Crippen molar-refractivity contribution in [2.45, 2.75) is 39.9 Å². The number of pyridine rings is 1. The van der Waals surface area contributed by atoms with E-state index in [-0.39, 0.29) is 11.1 Å². The van der Waals surface area contributed by atoms with Gasteiger partial charge in [-0.3, -0.25) is 0 Å². The second-order valence-electron chi connectivity index (χ2n) is 4.31. The monoisotopic (exact) mass is 184 g/mol. The van der Waals surface area contributed by atoms with Crippen LogP contribution in [0.15, 0.2) is 12.3 Å². The van der Waals surface area contributed by atoms with Crippen LogP contribution in [0.4, 0.5) is 0 Å². The Hall–Kier alpha value is -0.850. The van der Waals surface area contributed by atoms with Crippen LogP contribution in [0, 0.1) is 13.7 Å². The molecule has 1 heterocycles. The molecule has 0 unspecified atom stereocenters. The van der Waals surface area contributed by atoms with Crippen molar-refractivity contribution >= 4 is 0 Å². The van der Waals surface area contributed by atoms with E-state index in [9.17, 15) is 0 Å². The summed E-state index contributed by atoms with van der Waals surface area (Å²) in [6.07, 6.45) is 1.61.